The first-order valence-corrected chi connectivity index (χ1v) is 7.56. The van der Waals surface area contributed by atoms with Crippen LogP contribution >= 0.6 is 0 Å². The van der Waals surface area contributed by atoms with Gasteiger partial charge >= 0.3 is 0 Å². The summed E-state index contributed by atoms with van der Waals surface area (Å²) in [6.45, 7) is 9.79. The van der Waals surface area contributed by atoms with Crippen LogP contribution in [0, 0.1) is 19.8 Å². The summed E-state index contributed by atoms with van der Waals surface area (Å²) in [4.78, 5) is 0. The van der Waals surface area contributed by atoms with Crippen molar-refractivity contribution in [2.45, 2.75) is 59.1 Å². The first-order valence-electron chi connectivity index (χ1n) is 7.56. The van der Waals surface area contributed by atoms with Crippen LogP contribution in [-0.4, -0.2) is 18.7 Å². The molecule has 2 heteroatoms. The van der Waals surface area contributed by atoms with Crippen LogP contribution in [0.1, 0.15) is 44.2 Å². The highest BCUT2D eigenvalue weighted by molar-refractivity contribution is 5.33. The summed E-state index contributed by atoms with van der Waals surface area (Å²) in [5, 5.41) is 3.58. The van der Waals surface area contributed by atoms with E-state index in [1.54, 1.807) is 0 Å². The van der Waals surface area contributed by atoms with Gasteiger partial charge < -0.3 is 10.1 Å². The lowest BCUT2D eigenvalue weighted by Crippen LogP contribution is -2.46. The molecule has 1 N–H and O–H groups in total. The summed E-state index contributed by atoms with van der Waals surface area (Å²) >= 11 is 0. The highest BCUT2D eigenvalue weighted by Crippen LogP contribution is 2.28. The van der Waals surface area contributed by atoms with Gasteiger partial charge in [-0.05, 0) is 68.8 Å². The molecule has 0 heterocycles. The fraction of sp³-hybridized carbons (Fsp3) is 0.647. The molecule has 0 radical (unpaired) electrons. The quantitative estimate of drug-likeness (QED) is 0.889. The minimum Gasteiger partial charge on any atom is -0.489 e. The summed E-state index contributed by atoms with van der Waals surface area (Å²) in [6, 6.07) is 6.99. The monoisotopic (exact) mass is 261 g/mol. The fourth-order valence-corrected chi connectivity index (χ4v) is 3.13. The van der Waals surface area contributed by atoms with Gasteiger partial charge in [0.2, 0.25) is 0 Å². The molecule has 0 spiro atoms. The zero-order valence-corrected chi connectivity index (χ0v) is 12.7. The molecule has 1 aromatic rings. The molecule has 3 atom stereocenters. The van der Waals surface area contributed by atoms with Crippen LogP contribution in [0.5, 0.6) is 5.75 Å². The maximum atomic E-state index is 6.29. The molecule has 2 nitrogen and oxygen atoms in total. The summed E-state index contributed by atoms with van der Waals surface area (Å²) in [6.07, 6.45) is 4.00. The van der Waals surface area contributed by atoms with Crippen LogP contribution in [0.2, 0.25) is 0 Å². The first-order chi connectivity index (χ1) is 9.08. The SMILES string of the molecule is CCNC1CCC(C)CC1Oc1cc(C)cc(C)c1. The Morgan fingerprint density at radius 3 is 2.47 bits per heavy atom. The molecule has 0 saturated heterocycles. The van der Waals surface area contributed by atoms with Crippen molar-refractivity contribution < 1.29 is 4.74 Å². The number of hydrogen-bond acceptors (Lipinski definition) is 2. The summed E-state index contributed by atoms with van der Waals surface area (Å²) in [5.74, 6) is 1.80. The van der Waals surface area contributed by atoms with Crippen molar-refractivity contribution in [1.29, 1.82) is 0 Å². The molecule has 0 amide bonds. The molecule has 1 saturated carbocycles. The molecular formula is C17H27NO. The van der Waals surface area contributed by atoms with Gasteiger partial charge in [0.15, 0.2) is 0 Å². The average Bonchev–Trinajstić information content (AvgIpc) is 2.31. The molecule has 106 valence electrons. The van der Waals surface area contributed by atoms with E-state index in [1.807, 2.05) is 0 Å². The largest absolute Gasteiger partial charge is 0.489 e. The van der Waals surface area contributed by atoms with E-state index >= 15 is 0 Å². The Morgan fingerprint density at radius 2 is 1.84 bits per heavy atom. The standard InChI is InChI=1S/C17H27NO/c1-5-18-16-7-6-12(2)11-17(16)19-15-9-13(3)8-14(4)10-15/h8-10,12,16-18H,5-7,11H2,1-4H3. The topological polar surface area (TPSA) is 21.3 Å². The van der Waals surface area contributed by atoms with Gasteiger partial charge in [0.1, 0.15) is 11.9 Å². The predicted octanol–water partition coefficient (Wildman–Crippen LogP) is 3.85. The van der Waals surface area contributed by atoms with Crippen LogP contribution in [0.3, 0.4) is 0 Å². The van der Waals surface area contributed by atoms with E-state index in [4.69, 9.17) is 4.74 Å². The van der Waals surface area contributed by atoms with Crippen molar-refractivity contribution in [2.75, 3.05) is 6.54 Å². The number of benzene rings is 1. The number of likely N-dealkylation sites (N-methyl/N-ethyl adjacent to an activating group) is 1. The van der Waals surface area contributed by atoms with Gasteiger partial charge in [-0.15, -0.1) is 0 Å². The Bertz CT molecular complexity index is 395. The molecule has 3 unspecified atom stereocenters. The smallest absolute Gasteiger partial charge is 0.120 e. The molecule has 0 aromatic heterocycles. The number of ether oxygens (including phenoxy) is 1. The molecule has 1 aliphatic carbocycles. The van der Waals surface area contributed by atoms with Crippen molar-refractivity contribution in [2.24, 2.45) is 5.92 Å². The van der Waals surface area contributed by atoms with Gasteiger partial charge in [0.05, 0.1) is 0 Å². The Morgan fingerprint density at radius 1 is 1.16 bits per heavy atom. The zero-order chi connectivity index (χ0) is 13.8. The molecule has 1 aliphatic rings. The molecule has 2 rings (SSSR count). The van der Waals surface area contributed by atoms with Gasteiger partial charge in [-0.3, -0.25) is 0 Å². The van der Waals surface area contributed by atoms with Gasteiger partial charge in [-0.2, -0.15) is 0 Å². The maximum Gasteiger partial charge on any atom is 0.120 e. The van der Waals surface area contributed by atoms with Crippen LogP contribution in [0.25, 0.3) is 0 Å². The number of aryl methyl sites for hydroxylation is 2. The Hall–Kier alpha value is -1.02. The average molecular weight is 261 g/mol. The highest BCUT2D eigenvalue weighted by Gasteiger charge is 2.29. The number of rotatable bonds is 4. The normalized spacial score (nSPS) is 27.3. The highest BCUT2D eigenvalue weighted by atomic mass is 16.5. The summed E-state index contributed by atoms with van der Waals surface area (Å²) in [7, 11) is 0. The second-order valence-electron chi connectivity index (χ2n) is 6.06. The second-order valence-corrected chi connectivity index (χ2v) is 6.06. The Labute approximate surface area is 117 Å². The van der Waals surface area contributed by atoms with Crippen molar-refractivity contribution in [3.05, 3.63) is 29.3 Å². The van der Waals surface area contributed by atoms with Crippen LogP contribution < -0.4 is 10.1 Å². The summed E-state index contributed by atoms with van der Waals surface area (Å²) < 4.78 is 6.29. The maximum absolute atomic E-state index is 6.29. The lowest BCUT2D eigenvalue weighted by molar-refractivity contribution is 0.0915. The third-order valence-electron chi connectivity index (χ3n) is 4.00. The Kier molecular flexibility index (Phi) is 4.87. The zero-order valence-electron chi connectivity index (χ0n) is 12.7. The van der Waals surface area contributed by atoms with Crippen molar-refractivity contribution in [3.8, 4) is 5.75 Å². The van der Waals surface area contributed by atoms with E-state index in [0.717, 1.165) is 24.6 Å². The van der Waals surface area contributed by atoms with E-state index in [2.05, 4.69) is 51.2 Å². The van der Waals surface area contributed by atoms with E-state index in [1.165, 1.54) is 24.0 Å². The van der Waals surface area contributed by atoms with E-state index < -0.39 is 0 Å². The van der Waals surface area contributed by atoms with Gasteiger partial charge in [-0.25, -0.2) is 0 Å². The second kappa shape index (κ2) is 6.42. The van der Waals surface area contributed by atoms with Crippen molar-refractivity contribution in [3.63, 3.8) is 0 Å². The third kappa shape index (κ3) is 3.97. The lowest BCUT2D eigenvalue weighted by atomic mass is 9.85. The van der Waals surface area contributed by atoms with Crippen LogP contribution in [0.15, 0.2) is 18.2 Å². The Balaban J connectivity index is 2.09. The van der Waals surface area contributed by atoms with E-state index in [9.17, 15) is 0 Å². The van der Waals surface area contributed by atoms with Crippen molar-refractivity contribution >= 4 is 0 Å². The third-order valence-corrected chi connectivity index (χ3v) is 4.00. The first kappa shape index (κ1) is 14.4. The van der Waals surface area contributed by atoms with Gasteiger partial charge in [0, 0.05) is 6.04 Å². The van der Waals surface area contributed by atoms with Crippen LogP contribution in [0.4, 0.5) is 0 Å². The van der Waals surface area contributed by atoms with Crippen LogP contribution in [-0.2, 0) is 0 Å². The van der Waals surface area contributed by atoms with Crippen molar-refractivity contribution in [1.82, 2.24) is 5.32 Å². The van der Waals surface area contributed by atoms with Gasteiger partial charge in [0.25, 0.3) is 0 Å². The molecule has 0 aliphatic heterocycles. The van der Waals surface area contributed by atoms with Gasteiger partial charge in [-0.1, -0.05) is 19.9 Å². The number of nitrogens with one attached hydrogen (secondary N) is 1. The fourth-order valence-electron chi connectivity index (χ4n) is 3.13. The predicted molar refractivity (Wildman–Crippen MR) is 80.8 cm³/mol. The minimum atomic E-state index is 0.310. The summed E-state index contributed by atoms with van der Waals surface area (Å²) in [5.41, 5.74) is 2.55. The molecule has 1 aromatic carbocycles. The van der Waals surface area contributed by atoms with E-state index in [-0.39, 0.29) is 0 Å². The molecular weight excluding hydrogens is 234 g/mol. The minimum absolute atomic E-state index is 0.310. The lowest BCUT2D eigenvalue weighted by Gasteiger charge is -2.35. The molecule has 0 bridgehead atoms. The molecule has 19 heavy (non-hydrogen) atoms. The molecule has 1 fully saturated rings. The van der Waals surface area contributed by atoms with E-state index in [0.29, 0.717) is 12.1 Å². The number of hydrogen-bond donors (Lipinski definition) is 1.